The molecule has 0 N–H and O–H groups in total. The Kier molecular flexibility index (Phi) is 5.27. The van der Waals surface area contributed by atoms with E-state index in [1.165, 1.54) is 4.57 Å². The highest BCUT2D eigenvalue weighted by atomic mass is 16.6. The SMILES string of the molecule is COc1cccc(CC(C)=O)c1-c1ccc2c(ccn2C(=O)OC(C)(C)C)c1. The van der Waals surface area contributed by atoms with E-state index in [2.05, 4.69) is 0 Å². The number of methoxy groups -OCH3 is 1. The molecule has 0 saturated heterocycles. The molecule has 0 saturated carbocycles. The molecule has 0 atom stereocenters. The van der Waals surface area contributed by atoms with Crippen LogP contribution < -0.4 is 4.74 Å². The smallest absolute Gasteiger partial charge is 0.418 e. The fourth-order valence-corrected chi connectivity index (χ4v) is 3.26. The molecule has 0 amide bonds. The molecule has 1 heterocycles. The van der Waals surface area contributed by atoms with Crippen molar-refractivity contribution in [1.29, 1.82) is 0 Å². The second kappa shape index (κ2) is 7.50. The van der Waals surface area contributed by atoms with Gasteiger partial charge in [-0.2, -0.15) is 0 Å². The number of Topliss-reactive ketones (excluding diaryl/α,β-unsaturated/α-hetero) is 1. The molecule has 28 heavy (non-hydrogen) atoms. The third-order valence-electron chi connectivity index (χ3n) is 4.34. The Hall–Kier alpha value is -3.08. The minimum atomic E-state index is -0.563. The number of ketones is 1. The van der Waals surface area contributed by atoms with E-state index in [1.54, 1.807) is 20.2 Å². The highest BCUT2D eigenvalue weighted by Gasteiger charge is 2.20. The molecule has 1 aromatic heterocycles. The van der Waals surface area contributed by atoms with Gasteiger partial charge in [-0.1, -0.05) is 18.2 Å². The number of carbonyl (C=O) groups excluding carboxylic acids is 2. The predicted octanol–water partition coefficient (Wildman–Crippen LogP) is 5.23. The van der Waals surface area contributed by atoms with Gasteiger partial charge < -0.3 is 9.47 Å². The molecule has 2 aromatic carbocycles. The van der Waals surface area contributed by atoms with E-state index < -0.39 is 11.7 Å². The van der Waals surface area contributed by atoms with E-state index in [0.29, 0.717) is 12.2 Å². The molecule has 146 valence electrons. The maximum atomic E-state index is 12.4. The normalized spacial score (nSPS) is 11.5. The van der Waals surface area contributed by atoms with Crippen LogP contribution in [0.3, 0.4) is 0 Å². The summed E-state index contributed by atoms with van der Waals surface area (Å²) in [6.07, 6.45) is 1.63. The predicted molar refractivity (Wildman–Crippen MR) is 110 cm³/mol. The summed E-state index contributed by atoms with van der Waals surface area (Å²) in [5, 5.41) is 0.906. The average molecular weight is 379 g/mol. The summed E-state index contributed by atoms with van der Waals surface area (Å²) in [7, 11) is 1.62. The maximum absolute atomic E-state index is 12.4. The minimum Gasteiger partial charge on any atom is -0.496 e. The number of aromatic nitrogens is 1. The molecular formula is C23H25NO4. The van der Waals surface area contributed by atoms with Gasteiger partial charge in [-0.15, -0.1) is 0 Å². The summed E-state index contributed by atoms with van der Waals surface area (Å²) < 4.78 is 12.5. The van der Waals surface area contributed by atoms with Gasteiger partial charge in [0.25, 0.3) is 0 Å². The number of fused-ring (bicyclic) bond motifs is 1. The van der Waals surface area contributed by atoms with E-state index in [0.717, 1.165) is 27.6 Å². The zero-order valence-electron chi connectivity index (χ0n) is 16.9. The first kappa shape index (κ1) is 19.7. The fourth-order valence-electron chi connectivity index (χ4n) is 3.26. The molecule has 0 radical (unpaired) electrons. The number of hydrogen-bond donors (Lipinski definition) is 0. The first-order valence-corrected chi connectivity index (χ1v) is 9.20. The molecule has 0 bridgehead atoms. The molecule has 5 heteroatoms. The molecule has 5 nitrogen and oxygen atoms in total. The third-order valence-corrected chi connectivity index (χ3v) is 4.34. The van der Waals surface area contributed by atoms with Crippen molar-refractivity contribution >= 4 is 22.8 Å². The number of carbonyl (C=O) groups is 2. The maximum Gasteiger partial charge on any atom is 0.418 e. The lowest BCUT2D eigenvalue weighted by Gasteiger charge is -2.19. The van der Waals surface area contributed by atoms with Crippen LogP contribution in [0.2, 0.25) is 0 Å². The van der Waals surface area contributed by atoms with Crippen LogP contribution in [0.5, 0.6) is 5.75 Å². The molecule has 0 unspecified atom stereocenters. The van der Waals surface area contributed by atoms with E-state index in [4.69, 9.17) is 9.47 Å². The standard InChI is InChI=1S/C23H25NO4/c1-15(25)13-17-7-6-8-20(27-5)21(17)18-9-10-19-16(14-18)11-12-24(19)22(26)28-23(2,3)4/h6-12,14H,13H2,1-5H3. The van der Waals surface area contributed by atoms with Crippen LogP contribution in [0.25, 0.3) is 22.0 Å². The van der Waals surface area contributed by atoms with Gasteiger partial charge in [0.15, 0.2) is 0 Å². The van der Waals surface area contributed by atoms with Crippen molar-refractivity contribution in [3.63, 3.8) is 0 Å². The number of rotatable bonds is 4. The van der Waals surface area contributed by atoms with Crippen LogP contribution in [-0.4, -0.2) is 29.2 Å². The van der Waals surface area contributed by atoms with E-state index in [-0.39, 0.29) is 5.78 Å². The van der Waals surface area contributed by atoms with Gasteiger partial charge in [-0.05, 0) is 63.1 Å². The van der Waals surface area contributed by atoms with Crippen molar-refractivity contribution in [1.82, 2.24) is 4.57 Å². The zero-order valence-corrected chi connectivity index (χ0v) is 16.9. The van der Waals surface area contributed by atoms with Gasteiger partial charge >= 0.3 is 6.09 Å². The molecule has 0 aliphatic carbocycles. The van der Waals surface area contributed by atoms with Crippen LogP contribution in [0.1, 0.15) is 33.3 Å². The molecule has 0 aliphatic heterocycles. The van der Waals surface area contributed by atoms with Gasteiger partial charge in [-0.25, -0.2) is 4.79 Å². The number of hydrogen-bond acceptors (Lipinski definition) is 4. The van der Waals surface area contributed by atoms with Gasteiger partial charge in [0, 0.05) is 23.6 Å². The van der Waals surface area contributed by atoms with Crippen LogP contribution in [0.4, 0.5) is 4.79 Å². The van der Waals surface area contributed by atoms with Crippen molar-refractivity contribution in [2.45, 2.75) is 39.7 Å². The van der Waals surface area contributed by atoms with Crippen LogP contribution in [0.15, 0.2) is 48.7 Å². The highest BCUT2D eigenvalue weighted by Crippen LogP contribution is 2.35. The minimum absolute atomic E-state index is 0.0895. The lowest BCUT2D eigenvalue weighted by Crippen LogP contribution is -2.26. The highest BCUT2D eigenvalue weighted by molar-refractivity contribution is 5.93. The molecule has 0 fully saturated rings. The summed E-state index contributed by atoms with van der Waals surface area (Å²) in [6.45, 7) is 7.10. The lowest BCUT2D eigenvalue weighted by atomic mass is 9.95. The molecule has 0 spiro atoms. The Morgan fingerprint density at radius 2 is 1.82 bits per heavy atom. The second-order valence-corrected chi connectivity index (χ2v) is 7.81. The van der Waals surface area contributed by atoms with Crippen molar-refractivity contribution in [2.24, 2.45) is 0 Å². The van der Waals surface area contributed by atoms with Crippen molar-refractivity contribution in [2.75, 3.05) is 7.11 Å². The topological polar surface area (TPSA) is 57.5 Å². The van der Waals surface area contributed by atoms with Crippen molar-refractivity contribution < 1.29 is 19.1 Å². The summed E-state index contributed by atoms with van der Waals surface area (Å²) in [6, 6.07) is 13.4. The summed E-state index contributed by atoms with van der Waals surface area (Å²) in [4.78, 5) is 24.2. The molecular weight excluding hydrogens is 354 g/mol. The van der Waals surface area contributed by atoms with Gasteiger partial charge in [-0.3, -0.25) is 9.36 Å². The summed E-state index contributed by atoms with van der Waals surface area (Å²) in [5.74, 6) is 0.802. The fraction of sp³-hybridized carbons (Fsp3) is 0.304. The Morgan fingerprint density at radius 3 is 2.46 bits per heavy atom. The lowest BCUT2D eigenvalue weighted by molar-refractivity contribution is -0.116. The summed E-state index contributed by atoms with van der Waals surface area (Å²) in [5.41, 5.74) is 2.95. The number of nitrogens with zero attached hydrogens (tertiary/aromatic N) is 1. The quantitative estimate of drug-likeness (QED) is 0.623. The first-order chi connectivity index (χ1) is 13.2. The first-order valence-electron chi connectivity index (χ1n) is 9.20. The Labute approximate surface area is 164 Å². The van der Waals surface area contributed by atoms with Crippen molar-refractivity contribution in [3.05, 3.63) is 54.2 Å². The largest absolute Gasteiger partial charge is 0.496 e. The van der Waals surface area contributed by atoms with Gasteiger partial charge in [0.1, 0.15) is 17.1 Å². The second-order valence-electron chi connectivity index (χ2n) is 7.81. The van der Waals surface area contributed by atoms with Gasteiger partial charge in [0.05, 0.1) is 12.6 Å². The van der Waals surface area contributed by atoms with Crippen LogP contribution in [0, 0.1) is 0 Å². The Morgan fingerprint density at radius 1 is 1.07 bits per heavy atom. The summed E-state index contributed by atoms with van der Waals surface area (Å²) >= 11 is 0. The molecule has 0 aliphatic rings. The monoisotopic (exact) mass is 379 g/mol. The number of ether oxygens (including phenoxy) is 2. The Bertz CT molecular complexity index is 1040. The van der Waals surface area contributed by atoms with Crippen molar-refractivity contribution in [3.8, 4) is 16.9 Å². The third kappa shape index (κ3) is 4.09. The van der Waals surface area contributed by atoms with Crippen LogP contribution in [-0.2, 0) is 16.0 Å². The van der Waals surface area contributed by atoms with E-state index >= 15 is 0 Å². The van der Waals surface area contributed by atoms with E-state index in [9.17, 15) is 9.59 Å². The number of benzene rings is 2. The zero-order chi connectivity index (χ0) is 20.5. The Balaban J connectivity index is 2.07. The van der Waals surface area contributed by atoms with Crippen LogP contribution >= 0.6 is 0 Å². The molecule has 3 rings (SSSR count). The average Bonchev–Trinajstić information content (AvgIpc) is 3.02. The van der Waals surface area contributed by atoms with E-state index in [1.807, 2.05) is 63.2 Å². The van der Waals surface area contributed by atoms with Gasteiger partial charge in [0.2, 0.25) is 0 Å². The molecule has 3 aromatic rings.